The predicted octanol–water partition coefficient (Wildman–Crippen LogP) is 3.11. The van der Waals surface area contributed by atoms with Gasteiger partial charge in [-0.2, -0.15) is 4.31 Å². The van der Waals surface area contributed by atoms with E-state index in [-0.39, 0.29) is 16.7 Å². The van der Waals surface area contributed by atoms with Gasteiger partial charge < -0.3 is 9.64 Å². The highest BCUT2D eigenvalue weighted by atomic mass is 32.2. The summed E-state index contributed by atoms with van der Waals surface area (Å²) in [5.74, 6) is 0.850. The van der Waals surface area contributed by atoms with Gasteiger partial charge in [-0.3, -0.25) is 4.79 Å². The Morgan fingerprint density at radius 2 is 1.62 bits per heavy atom. The second-order valence-electron chi connectivity index (χ2n) is 7.21. The van der Waals surface area contributed by atoms with Gasteiger partial charge in [0.2, 0.25) is 15.9 Å². The van der Waals surface area contributed by atoms with Gasteiger partial charge in [0.15, 0.2) is 0 Å². The van der Waals surface area contributed by atoms with Crippen molar-refractivity contribution in [3.05, 3.63) is 60.2 Å². The standard InChI is InChI=1S/C22H28N2O4S/c1-3-28-20-9-11-21(12-10-20)29(26,27)24-15-13-23(14-16-24)22(25)17-18(2)19-7-5-4-6-8-19/h4-12,18H,3,13-17H2,1-2H3/t18-/m1/s1. The minimum Gasteiger partial charge on any atom is -0.494 e. The molecular weight excluding hydrogens is 388 g/mol. The second-order valence-corrected chi connectivity index (χ2v) is 9.14. The number of ether oxygens (including phenoxy) is 1. The molecule has 0 spiro atoms. The quantitative estimate of drug-likeness (QED) is 0.696. The summed E-state index contributed by atoms with van der Waals surface area (Å²) in [6.45, 7) is 5.89. The van der Waals surface area contributed by atoms with Gasteiger partial charge in [-0.15, -0.1) is 0 Å². The molecule has 0 aromatic heterocycles. The molecule has 3 rings (SSSR count). The van der Waals surface area contributed by atoms with Gasteiger partial charge in [0.05, 0.1) is 11.5 Å². The lowest BCUT2D eigenvalue weighted by molar-refractivity contribution is -0.132. The van der Waals surface area contributed by atoms with Gasteiger partial charge in [0.1, 0.15) is 5.75 Å². The summed E-state index contributed by atoms with van der Waals surface area (Å²) in [5, 5.41) is 0. The Labute approximate surface area is 173 Å². The van der Waals surface area contributed by atoms with Crippen LogP contribution in [-0.2, 0) is 14.8 Å². The Hall–Kier alpha value is -2.38. The fourth-order valence-corrected chi connectivity index (χ4v) is 4.91. The molecule has 1 aliphatic rings. The predicted molar refractivity (Wildman–Crippen MR) is 112 cm³/mol. The topological polar surface area (TPSA) is 66.9 Å². The van der Waals surface area contributed by atoms with E-state index in [1.54, 1.807) is 29.2 Å². The number of amides is 1. The largest absolute Gasteiger partial charge is 0.494 e. The summed E-state index contributed by atoms with van der Waals surface area (Å²) >= 11 is 0. The second kappa shape index (κ2) is 9.41. The third-order valence-corrected chi connectivity index (χ3v) is 7.13. The third-order valence-electron chi connectivity index (χ3n) is 5.21. The number of nitrogens with zero attached hydrogens (tertiary/aromatic N) is 2. The number of hydrogen-bond acceptors (Lipinski definition) is 4. The highest BCUT2D eigenvalue weighted by Crippen LogP contribution is 2.23. The lowest BCUT2D eigenvalue weighted by atomic mass is 9.97. The molecule has 0 bridgehead atoms. The van der Waals surface area contributed by atoms with Crippen molar-refractivity contribution in [1.29, 1.82) is 0 Å². The van der Waals surface area contributed by atoms with Crippen LogP contribution in [0, 0.1) is 0 Å². The molecular formula is C22H28N2O4S. The number of rotatable bonds is 7. The zero-order valence-electron chi connectivity index (χ0n) is 17.0. The monoisotopic (exact) mass is 416 g/mol. The molecule has 0 radical (unpaired) electrons. The van der Waals surface area contributed by atoms with Crippen LogP contribution in [0.2, 0.25) is 0 Å². The summed E-state index contributed by atoms with van der Waals surface area (Å²) in [5.41, 5.74) is 1.14. The molecule has 0 saturated carbocycles. The molecule has 0 unspecified atom stereocenters. The van der Waals surface area contributed by atoms with Crippen LogP contribution in [0.15, 0.2) is 59.5 Å². The van der Waals surface area contributed by atoms with Crippen molar-refractivity contribution in [3.8, 4) is 5.75 Å². The Balaban J connectivity index is 1.57. The first-order chi connectivity index (χ1) is 13.9. The molecule has 1 aliphatic heterocycles. The van der Waals surface area contributed by atoms with Gasteiger partial charge in [-0.05, 0) is 42.7 Å². The fraction of sp³-hybridized carbons (Fsp3) is 0.409. The zero-order valence-corrected chi connectivity index (χ0v) is 17.8. The van der Waals surface area contributed by atoms with Crippen molar-refractivity contribution in [2.24, 2.45) is 0 Å². The highest BCUT2D eigenvalue weighted by Gasteiger charge is 2.30. The molecule has 1 fully saturated rings. The Morgan fingerprint density at radius 1 is 1.00 bits per heavy atom. The molecule has 7 heteroatoms. The summed E-state index contributed by atoms with van der Waals surface area (Å²) in [4.78, 5) is 14.7. The van der Waals surface area contributed by atoms with Crippen LogP contribution in [0.3, 0.4) is 0 Å². The van der Waals surface area contributed by atoms with Crippen LogP contribution in [0.5, 0.6) is 5.75 Å². The molecule has 2 aromatic carbocycles. The van der Waals surface area contributed by atoms with Crippen LogP contribution in [0.4, 0.5) is 0 Å². The SMILES string of the molecule is CCOc1ccc(S(=O)(=O)N2CCN(C(=O)C[C@@H](C)c3ccccc3)CC2)cc1. The summed E-state index contributed by atoms with van der Waals surface area (Å²) in [6, 6.07) is 16.4. The minimum atomic E-state index is -3.57. The Morgan fingerprint density at radius 3 is 2.21 bits per heavy atom. The molecule has 29 heavy (non-hydrogen) atoms. The van der Waals surface area contributed by atoms with Crippen molar-refractivity contribution in [1.82, 2.24) is 9.21 Å². The minimum absolute atomic E-state index is 0.0690. The smallest absolute Gasteiger partial charge is 0.243 e. The lowest BCUT2D eigenvalue weighted by Gasteiger charge is -2.34. The van der Waals surface area contributed by atoms with E-state index in [0.717, 1.165) is 5.56 Å². The number of carbonyl (C=O) groups excluding carboxylic acids is 1. The van der Waals surface area contributed by atoms with E-state index in [9.17, 15) is 13.2 Å². The number of sulfonamides is 1. The van der Waals surface area contributed by atoms with E-state index >= 15 is 0 Å². The Kier molecular flexibility index (Phi) is 6.92. The van der Waals surface area contributed by atoms with E-state index in [1.807, 2.05) is 44.2 Å². The van der Waals surface area contributed by atoms with Crippen molar-refractivity contribution >= 4 is 15.9 Å². The van der Waals surface area contributed by atoms with Crippen LogP contribution in [0.1, 0.15) is 31.7 Å². The average molecular weight is 417 g/mol. The molecule has 0 N–H and O–H groups in total. The van der Waals surface area contributed by atoms with Gasteiger partial charge >= 0.3 is 0 Å². The summed E-state index contributed by atoms with van der Waals surface area (Å²) < 4.78 is 32.6. The van der Waals surface area contributed by atoms with Crippen LogP contribution < -0.4 is 4.74 Å². The molecule has 1 heterocycles. The van der Waals surface area contributed by atoms with Gasteiger partial charge in [-0.25, -0.2) is 8.42 Å². The van der Waals surface area contributed by atoms with Crippen molar-refractivity contribution in [3.63, 3.8) is 0 Å². The first kappa shape index (κ1) is 21.3. The Bertz CT molecular complexity index is 906. The zero-order chi connectivity index (χ0) is 20.9. The van der Waals surface area contributed by atoms with Crippen molar-refractivity contribution < 1.29 is 17.9 Å². The molecule has 1 atom stereocenters. The molecule has 6 nitrogen and oxygen atoms in total. The number of hydrogen-bond donors (Lipinski definition) is 0. The van der Waals surface area contributed by atoms with Crippen LogP contribution in [0.25, 0.3) is 0 Å². The van der Waals surface area contributed by atoms with Crippen LogP contribution >= 0.6 is 0 Å². The van der Waals surface area contributed by atoms with E-state index in [1.165, 1.54) is 4.31 Å². The molecule has 1 saturated heterocycles. The molecule has 156 valence electrons. The van der Waals surface area contributed by atoms with Gasteiger partial charge in [-0.1, -0.05) is 37.3 Å². The first-order valence-electron chi connectivity index (χ1n) is 9.97. The maximum absolute atomic E-state index is 12.9. The summed E-state index contributed by atoms with van der Waals surface area (Å²) in [7, 11) is -3.57. The van der Waals surface area contributed by atoms with Crippen LogP contribution in [-0.4, -0.2) is 56.3 Å². The lowest BCUT2D eigenvalue weighted by Crippen LogP contribution is -2.50. The van der Waals surface area contributed by atoms with E-state index in [2.05, 4.69) is 0 Å². The van der Waals surface area contributed by atoms with E-state index in [0.29, 0.717) is 45.0 Å². The van der Waals surface area contributed by atoms with E-state index < -0.39 is 10.0 Å². The van der Waals surface area contributed by atoms with Gasteiger partial charge in [0, 0.05) is 32.6 Å². The summed E-state index contributed by atoms with van der Waals surface area (Å²) in [6.07, 6.45) is 0.426. The van der Waals surface area contributed by atoms with Gasteiger partial charge in [0.25, 0.3) is 0 Å². The maximum atomic E-state index is 12.9. The molecule has 0 aliphatic carbocycles. The van der Waals surface area contributed by atoms with Crippen molar-refractivity contribution in [2.45, 2.75) is 31.1 Å². The molecule has 2 aromatic rings. The average Bonchev–Trinajstić information content (AvgIpc) is 2.75. The fourth-order valence-electron chi connectivity index (χ4n) is 3.49. The normalized spacial score (nSPS) is 16.4. The van der Waals surface area contributed by atoms with E-state index in [4.69, 9.17) is 4.74 Å². The number of benzene rings is 2. The number of carbonyl (C=O) groups is 1. The number of piperazine rings is 1. The maximum Gasteiger partial charge on any atom is 0.243 e. The third kappa shape index (κ3) is 5.16. The first-order valence-corrected chi connectivity index (χ1v) is 11.4. The highest BCUT2D eigenvalue weighted by molar-refractivity contribution is 7.89. The molecule has 1 amide bonds. The van der Waals surface area contributed by atoms with Crippen molar-refractivity contribution in [2.75, 3.05) is 32.8 Å².